The van der Waals surface area contributed by atoms with Gasteiger partial charge in [0.2, 0.25) is 0 Å². The Labute approximate surface area is 168 Å². The quantitative estimate of drug-likeness (QED) is 0.677. The Morgan fingerprint density at radius 3 is 2.61 bits per heavy atom. The molecule has 0 spiro atoms. The van der Waals surface area contributed by atoms with Gasteiger partial charge in [0.1, 0.15) is 12.1 Å². The van der Waals surface area contributed by atoms with E-state index in [0.29, 0.717) is 12.1 Å². The fourth-order valence-electron chi connectivity index (χ4n) is 4.12. The summed E-state index contributed by atoms with van der Waals surface area (Å²) in [7, 11) is 0. The molecule has 0 atom stereocenters. The molecule has 2 aromatic heterocycles. The van der Waals surface area contributed by atoms with Gasteiger partial charge in [-0.1, -0.05) is 0 Å². The first kappa shape index (κ1) is 17.6. The molecule has 28 heavy (non-hydrogen) atoms. The Morgan fingerprint density at radius 1 is 1.07 bits per heavy atom. The average Bonchev–Trinajstić information content (AvgIpc) is 3.43. The predicted octanol–water partition coefficient (Wildman–Crippen LogP) is 3.67. The fourth-order valence-corrected chi connectivity index (χ4v) is 4.84. The maximum Gasteiger partial charge on any atom is 0.253 e. The second kappa shape index (κ2) is 7.13. The topological polar surface area (TPSA) is 62.2 Å². The first-order chi connectivity index (χ1) is 13.7. The molecule has 1 saturated carbocycles. The van der Waals surface area contributed by atoms with E-state index in [1.54, 1.807) is 17.7 Å². The number of fused-ring (bicyclic) bond motifs is 1. The Hall–Kier alpha value is -2.54. The molecule has 0 bridgehead atoms. The lowest BCUT2D eigenvalue weighted by Gasteiger charge is -2.39. The van der Waals surface area contributed by atoms with Gasteiger partial charge in [-0.25, -0.2) is 15.0 Å². The van der Waals surface area contributed by atoms with Crippen LogP contribution in [0.1, 0.15) is 41.7 Å². The van der Waals surface area contributed by atoms with Gasteiger partial charge in [0.25, 0.3) is 5.91 Å². The number of likely N-dealkylation sites (tertiary alicyclic amines) is 1. The first-order valence-electron chi connectivity index (χ1n) is 9.88. The lowest BCUT2D eigenvalue weighted by molar-refractivity contribution is 0.0712. The third kappa shape index (κ3) is 3.35. The number of piperidine rings is 1. The van der Waals surface area contributed by atoms with E-state index in [4.69, 9.17) is 0 Å². The SMILES string of the molecule is Cc1cc(N(C2CC2)C2CCN(C(=O)c3ccc4ncsc4c3)CC2)ncn1. The van der Waals surface area contributed by atoms with Crippen molar-refractivity contribution in [1.29, 1.82) is 0 Å². The van der Waals surface area contributed by atoms with E-state index in [9.17, 15) is 4.79 Å². The molecule has 7 heteroatoms. The van der Waals surface area contributed by atoms with Crippen molar-refractivity contribution in [3.8, 4) is 0 Å². The van der Waals surface area contributed by atoms with E-state index >= 15 is 0 Å². The Morgan fingerprint density at radius 2 is 1.86 bits per heavy atom. The molecule has 1 aromatic carbocycles. The molecular weight excluding hydrogens is 370 g/mol. The molecular formula is C21H23N5OS. The van der Waals surface area contributed by atoms with Gasteiger partial charge in [0.15, 0.2) is 0 Å². The average molecular weight is 394 g/mol. The van der Waals surface area contributed by atoms with Gasteiger partial charge in [-0.15, -0.1) is 11.3 Å². The smallest absolute Gasteiger partial charge is 0.253 e. The van der Waals surface area contributed by atoms with Gasteiger partial charge in [0.05, 0.1) is 15.7 Å². The highest BCUT2D eigenvalue weighted by Crippen LogP contribution is 2.35. The monoisotopic (exact) mass is 393 g/mol. The second-order valence-electron chi connectivity index (χ2n) is 7.71. The van der Waals surface area contributed by atoms with Crippen LogP contribution in [0, 0.1) is 6.92 Å². The molecule has 2 fully saturated rings. The molecule has 6 nitrogen and oxygen atoms in total. The van der Waals surface area contributed by atoms with Crippen LogP contribution in [-0.4, -0.2) is 50.9 Å². The number of benzene rings is 1. The number of hydrogen-bond donors (Lipinski definition) is 0. The summed E-state index contributed by atoms with van der Waals surface area (Å²) in [6.07, 6.45) is 6.09. The summed E-state index contributed by atoms with van der Waals surface area (Å²) in [5.41, 5.74) is 4.55. The van der Waals surface area contributed by atoms with Crippen molar-refractivity contribution in [2.24, 2.45) is 0 Å². The van der Waals surface area contributed by atoms with Crippen molar-refractivity contribution in [2.75, 3.05) is 18.0 Å². The van der Waals surface area contributed by atoms with E-state index in [0.717, 1.165) is 53.2 Å². The normalized spacial score (nSPS) is 17.8. The van der Waals surface area contributed by atoms with Crippen molar-refractivity contribution < 1.29 is 4.79 Å². The summed E-state index contributed by atoms with van der Waals surface area (Å²) in [6.45, 7) is 3.59. The van der Waals surface area contributed by atoms with Crippen LogP contribution in [0.5, 0.6) is 0 Å². The standard InChI is InChI=1S/C21H23N5OS/c1-14-10-20(23-12-22-14)26(16-3-4-16)17-6-8-25(9-7-17)21(27)15-2-5-18-19(11-15)28-13-24-18/h2,5,10-13,16-17H,3-4,6-9H2,1H3. The third-order valence-corrected chi connectivity index (χ3v) is 6.51. The summed E-state index contributed by atoms with van der Waals surface area (Å²) in [5.74, 6) is 1.17. The minimum atomic E-state index is 0.129. The van der Waals surface area contributed by atoms with E-state index in [1.165, 1.54) is 12.8 Å². The summed E-state index contributed by atoms with van der Waals surface area (Å²) >= 11 is 1.58. The second-order valence-corrected chi connectivity index (χ2v) is 8.60. The molecule has 2 aliphatic rings. The van der Waals surface area contributed by atoms with Gasteiger partial charge in [-0.3, -0.25) is 4.79 Å². The van der Waals surface area contributed by atoms with Crippen LogP contribution in [-0.2, 0) is 0 Å². The third-order valence-electron chi connectivity index (χ3n) is 5.72. The van der Waals surface area contributed by atoms with Crippen LogP contribution in [0.4, 0.5) is 5.82 Å². The summed E-state index contributed by atoms with van der Waals surface area (Å²) in [6, 6.07) is 8.93. The number of aryl methyl sites for hydroxylation is 1. The largest absolute Gasteiger partial charge is 0.350 e. The molecule has 5 rings (SSSR count). The lowest BCUT2D eigenvalue weighted by Crippen LogP contribution is -2.48. The van der Waals surface area contributed by atoms with Crippen LogP contribution in [0.25, 0.3) is 10.2 Å². The Kier molecular flexibility index (Phi) is 4.47. The first-order valence-corrected chi connectivity index (χ1v) is 10.8. The van der Waals surface area contributed by atoms with Crippen LogP contribution < -0.4 is 4.90 Å². The van der Waals surface area contributed by atoms with Crippen molar-refractivity contribution in [1.82, 2.24) is 19.9 Å². The van der Waals surface area contributed by atoms with Crippen molar-refractivity contribution >= 4 is 33.3 Å². The molecule has 144 valence electrons. The van der Waals surface area contributed by atoms with E-state index in [2.05, 4.69) is 25.9 Å². The predicted molar refractivity (Wildman–Crippen MR) is 111 cm³/mol. The van der Waals surface area contributed by atoms with Crippen molar-refractivity contribution in [2.45, 2.75) is 44.7 Å². The zero-order valence-electron chi connectivity index (χ0n) is 15.9. The number of anilines is 1. The number of amides is 1. The number of carbonyl (C=O) groups is 1. The van der Waals surface area contributed by atoms with E-state index in [-0.39, 0.29) is 5.91 Å². The van der Waals surface area contributed by atoms with Crippen LogP contribution >= 0.6 is 11.3 Å². The minimum absolute atomic E-state index is 0.129. The molecule has 1 aliphatic heterocycles. The Bertz CT molecular complexity index is 1010. The number of nitrogens with zero attached hydrogens (tertiary/aromatic N) is 5. The maximum atomic E-state index is 13.0. The van der Waals surface area contributed by atoms with Crippen molar-refractivity contribution in [3.63, 3.8) is 0 Å². The number of thiazole rings is 1. The van der Waals surface area contributed by atoms with Crippen LogP contribution in [0.15, 0.2) is 36.1 Å². The molecule has 3 aromatic rings. The molecule has 1 saturated heterocycles. The fraction of sp³-hybridized carbons (Fsp3) is 0.429. The Balaban J connectivity index is 1.29. The highest BCUT2D eigenvalue weighted by molar-refractivity contribution is 7.16. The van der Waals surface area contributed by atoms with Gasteiger partial charge in [-0.2, -0.15) is 0 Å². The molecule has 1 aliphatic carbocycles. The van der Waals surface area contributed by atoms with E-state index in [1.807, 2.05) is 35.5 Å². The van der Waals surface area contributed by atoms with Gasteiger partial charge in [-0.05, 0) is 50.8 Å². The number of hydrogen-bond acceptors (Lipinski definition) is 6. The zero-order valence-corrected chi connectivity index (χ0v) is 16.7. The van der Waals surface area contributed by atoms with Crippen LogP contribution in [0.3, 0.4) is 0 Å². The lowest BCUT2D eigenvalue weighted by atomic mass is 10.0. The highest BCUT2D eigenvalue weighted by Gasteiger charge is 2.37. The molecule has 3 heterocycles. The molecule has 1 amide bonds. The minimum Gasteiger partial charge on any atom is -0.350 e. The van der Waals surface area contributed by atoms with E-state index < -0.39 is 0 Å². The summed E-state index contributed by atoms with van der Waals surface area (Å²) in [4.78, 5) is 30.5. The van der Waals surface area contributed by atoms with Gasteiger partial charge < -0.3 is 9.80 Å². The van der Waals surface area contributed by atoms with Gasteiger partial charge >= 0.3 is 0 Å². The number of rotatable bonds is 4. The summed E-state index contributed by atoms with van der Waals surface area (Å²) in [5, 5.41) is 0. The number of aromatic nitrogens is 3. The summed E-state index contributed by atoms with van der Waals surface area (Å²) < 4.78 is 1.07. The van der Waals surface area contributed by atoms with Gasteiger partial charge in [0, 0.05) is 42.5 Å². The van der Waals surface area contributed by atoms with Crippen molar-refractivity contribution in [3.05, 3.63) is 47.4 Å². The zero-order chi connectivity index (χ0) is 19.1. The molecule has 0 N–H and O–H groups in total. The van der Waals surface area contributed by atoms with Crippen LogP contribution in [0.2, 0.25) is 0 Å². The molecule has 0 radical (unpaired) electrons. The maximum absolute atomic E-state index is 13.0. The number of carbonyl (C=O) groups excluding carboxylic acids is 1. The molecule has 0 unspecified atom stereocenters. The highest BCUT2D eigenvalue weighted by atomic mass is 32.1.